The quantitative estimate of drug-likeness (QED) is 0.884. The Kier molecular flexibility index (Phi) is 4.60. The van der Waals surface area contributed by atoms with Gasteiger partial charge in [0.25, 0.3) is 0 Å². The number of hydrogen-bond donors (Lipinski definition) is 1. The van der Waals surface area contributed by atoms with Crippen molar-refractivity contribution in [2.75, 3.05) is 6.61 Å². The molecule has 2 heterocycles. The van der Waals surface area contributed by atoms with Crippen LogP contribution < -0.4 is 10.1 Å². The lowest BCUT2D eigenvalue weighted by atomic mass is 10.1. The molecule has 0 saturated heterocycles. The second kappa shape index (κ2) is 6.81. The maximum Gasteiger partial charge on any atom is 0.223 e. The van der Waals surface area contributed by atoms with Crippen LogP contribution >= 0.6 is 0 Å². The Bertz CT molecular complexity index is 709. The normalized spacial score (nSPS) is 13.0. The fraction of sp³-hybridized carbons (Fsp3) is 0.471. The maximum absolute atomic E-state index is 11.9. The van der Waals surface area contributed by atoms with Crippen LogP contribution in [0.4, 0.5) is 0 Å². The molecule has 1 aliphatic heterocycles. The molecule has 0 atom stereocenters. The standard InChI is InChI=1S/C17H22N4O2/c1-12-5-6-14(13(2)10-12)23-9-7-17(22)18-11-16-20-19-15-4-3-8-21(15)16/h5-6,10H,3-4,7-9,11H2,1-2H3,(H,18,22). The molecular weight excluding hydrogens is 292 g/mol. The lowest BCUT2D eigenvalue weighted by Crippen LogP contribution is -2.26. The van der Waals surface area contributed by atoms with Gasteiger partial charge in [-0.1, -0.05) is 17.7 Å². The Balaban J connectivity index is 1.43. The molecule has 1 aromatic heterocycles. The van der Waals surface area contributed by atoms with Gasteiger partial charge in [0.1, 0.15) is 11.6 Å². The van der Waals surface area contributed by atoms with Crippen LogP contribution in [0, 0.1) is 13.8 Å². The molecule has 1 N–H and O–H groups in total. The van der Waals surface area contributed by atoms with Gasteiger partial charge < -0.3 is 14.6 Å². The summed E-state index contributed by atoms with van der Waals surface area (Å²) >= 11 is 0. The smallest absolute Gasteiger partial charge is 0.223 e. The minimum atomic E-state index is -0.0369. The topological polar surface area (TPSA) is 69.0 Å². The summed E-state index contributed by atoms with van der Waals surface area (Å²) in [7, 11) is 0. The average molecular weight is 314 g/mol. The summed E-state index contributed by atoms with van der Waals surface area (Å²) in [5.41, 5.74) is 2.29. The van der Waals surface area contributed by atoms with Crippen molar-refractivity contribution in [1.82, 2.24) is 20.1 Å². The predicted molar refractivity (Wildman–Crippen MR) is 86.2 cm³/mol. The van der Waals surface area contributed by atoms with Crippen LogP contribution in [0.1, 0.15) is 35.6 Å². The monoisotopic (exact) mass is 314 g/mol. The van der Waals surface area contributed by atoms with E-state index in [1.165, 1.54) is 5.56 Å². The zero-order valence-corrected chi connectivity index (χ0v) is 13.6. The summed E-state index contributed by atoms with van der Waals surface area (Å²) in [6.07, 6.45) is 2.41. The van der Waals surface area contributed by atoms with Gasteiger partial charge in [0.05, 0.1) is 19.6 Å². The lowest BCUT2D eigenvalue weighted by molar-refractivity contribution is -0.121. The minimum absolute atomic E-state index is 0.0369. The van der Waals surface area contributed by atoms with E-state index in [0.29, 0.717) is 19.6 Å². The summed E-state index contributed by atoms with van der Waals surface area (Å²) < 4.78 is 7.77. The van der Waals surface area contributed by atoms with E-state index in [-0.39, 0.29) is 5.91 Å². The highest BCUT2D eigenvalue weighted by molar-refractivity contribution is 5.75. The number of carbonyl (C=O) groups excluding carboxylic acids is 1. The first-order valence-electron chi connectivity index (χ1n) is 8.01. The van der Waals surface area contributed by atoms with Crippen molar-refractivity contribution in [3.63, 3.8) is 0 Å². The second-order valence-corrected chi connectivity index (χ2v) is 5.93. The van der Waals surface area contributed by atoms with Crippen LogP contribution in [0.15, 0.2) is 18.2 Å². The van der Waals surface area contributed by atoms with Crippen molar-refractivity contribution in [2.24, 2.45) is 0 Å². The van der Waals surface area contributed by atoms with E-state index in [0.717, 1.165) is 42.3 Å². The molecule has 1 amide bonds. The molecule has 0 fully saturated rings. The highest BCUT2D eigenvalue weighted by Crippen LogP contribution is 2.18. The Hall–Kier alpha value is -2.37. The van der Waals surface area contributed by atoms with Gasteiger partial charge in [0.2, 0.25) is 5.91 Å². The molecule has 6 nitrogen and oxygen atoms in total. The van der Waals surface area contributed by atoms with Crippen LogP contribution in [0.25, 0.3) is 0 Å². The van der Waals surface area contributed by atoms with Crippen LogP contribution in [0.5, 0.6) is 5.75 Å². The molecule has 0 unspecified atom stereocenters. The van der Waals surface area contributed by atoms with Crippen molar-refractivity contribution in [2.45, 2.75) is 46.2 Å². The van der Waals surface area contributed by atoms with Crippen LogP contribution in [0.2, 0.25) is 0 Å². The molecule has 3 rings (SSSR count). The maximum atomic E-state index is 11.9. The van der Waals surface area contributed by atoms with E-state index < -0.39 is 0 Å². The van der Waals surface area contributed by atoms with Gasteiger partial charge in [-0.3, -0.25) is 4.79 Å². The number of nitrogens with zero attached hydrogens (tertiary/aromatic N) is 3. The Morgan fingerprint density at radius 1 is 1.35 bits per heavy atom. The fourth-order valence-corrected chi connectivity index (χ4v) is 2.82. The first kappa shape index (κ1) is 15.5. The number of amides is 1. The zero-order chi connectivity index (χ0) is 16.2. The number of ether oxygens (including phenoxy) is 1. The van der Waals surface area contributed by atoms with Gasteiger partial charge in [0, 0.05) is 13.0 Å². The molecule has 0 aliphatic carbocycles. The van der Waals surface area contributed by atoms with E-state index in [9.17, 15) is 4.79 Å². The fourth-order valence-electron chi connectivity index (χ4n) is 2.82. The van der Waals surface area contributed by atoms with Gasteiger partial charge in [-0.05, 0) is 31.9 Å². The van der Waals surface area contributed by atoms with Crippen LogP contribution in [0.3, 0.4) is 0 Å². The lowest BCUT2D eigenvalue weighted by Gasteiger charge is -2.10. The molecule has 6 heteroatoms. The summed E-state index contributed by atoms with van der Waals surface area (Å²) in [5, 5.41) is 11.1. The molecule has 2 aromatic rings. The van der Waals surface area contributed by atoms with E-state index in [4.69, 9.17) is 4.74 Å². The Morgan fingerprint density at radius 2 is 2.22 bits per heavy atom. The van der Waals surface area contributed by atoms with E-state index >= 15 is 0 Å². The Morgan fingerprint density at radius 3 is 3.04 bits per heavy atom. The Labute approximate surface area is 135 Å². The number of benzene rings is 1. The van der Waals surface area contributed by atoms with Crippen molar-refractivity contribution >= 4 is 5.91 Å². The molecule has 0 radical (unpaired) electrons. The molecule has 122 valence electrons. The van der Waals surface area contributed by atoms with Crippen molar-refractivity contribution in [1.29, 1.82) is 0 Å². The molecule has 1 aliphatic rings. The van der Waals surface area contributed by atoms with Gasteiger partial charge in [-0.15, -0.1) is 10.2 Å². The highest BCUT2D eigenvalue weighted by atomic mass is 16.5. The summed E-state index contributed by atoms with van der Waals surface area (Å²) in [6.45, 7) is 5.80. The first-order chi connectivity index (χ1) is 11.1. The minimum Gasteiger partial charge on any atom is -0.493 e. The average Bonchev–Trinajstić information content (AvgIpc) is 3.11. The third kappa shape index (κ3) is 3.70. The summed E-state index contributed by atoms with van der Waals surface area (Å²) in [5.74, 6) is 2.65. The van der Waals surface area contributed by atoms with Gasteiger partial charge in [-0.25, -0.2) is 0 Å². The molecule has 1 aromatic carbocycles. The molecular formula is C17H22N4O2. The highest BCUT2D eigenvalue weighted by Gasteiger charge is 2.17. The zero-order valence-electron chi connectivity index (χ0n) is 13.6. The number of aromatic nitrogens is 3. The summed E-state index contributed by atoms with van der Waals surface area (Å²) in [6, 6.07) is 6.03. The number of nitrogens with one attached hydrogen (secondary N) is 1. The van der Waals surface area contributed by atoms with E-state index in [1.807, 2.05) is 26.0 Å². The number of carbonyl (C=O) groups is 1. The molecule has 23 heavy (non-hydrogen) atoms. The SMILES string of the molecule is Cc1ccc(OCCC(=O)NCc2nnc3n2CCC3)c(C)c1. The third-order valence-electron chi connectivity index (χ3n) is 4.05. The van der Waals surface area contributed by atoms with Gasteiger partial charge in [-0.2, -0.15) is 0 Å². The van der Waals surface area contributed by atoms with E-state index in [2.05, 4.69) is 26.1 Å². The van der Waals surface area contributed by atoms with Gasteiger partial charge >= 0.3 is 0 Å². The van der Waals surface area contributed by atoms with Crippen LogP contribution in [-0.2, 0) is 24.3 Å². The number of fused-ring (bicyclic) bond motifs is 1. The molecule has 0 spiro atoms. The summed E-state index contributed by atoms with van der Waals surface area (Å²) in [4.78, 5) is 11.9. The van der Waals surface area contributed by atoms with Gasteiger partial charge in [0.15, 0.2) is 5.82 Å². The van der Waals surface area contributed by atoms with Crippen molar-refractivity contribution in [3.8, 4) is 5.75 Å². The number of aryl methyl sites for hydroxylation is 3. The van der Waals surface area contributed by atoms with Crippen molar-refractivity contribution < 1.29 is 9.53 Å². The number of hydrogen-bond acceptors (Lipinski definition) is 4. The van der Waals surface area contributed by atoms with Crippen molar-refractivity contribution in [3.05, 3.63) is 41.0 Å². The first-order valence-corrected chi connectivity index (χ1v) is 8.01. The second-order valence-electron chi connectivity index (χ2n) is 5.93. The predicted octanol–water partition coefficient (Wildman–Crippen LogP) is 1.93. The van der Waals surface area contributed by atoms with Crippen LogP contribution in [-0.4, -0.2) is 27.3 Å². The third-order valence-corrected chi connectivity index (χ3v) is 4.05. The largest absolute Gasteiger partial charge is 0.493 e. The molecule has 0 bridgehead atoms. The number of rotatable bonds is 6. The molecule has 0 saturated carbocycles. The van der Waals surface area contributed by atoms with E-state index in [1.54, 1.807) is 0 Å².